The summed E-state index contributed by atoms with van der Waals surface area (Å²) in [4.78, 5) is 12.4. The van der Waals surface area contributed by atoms with Crippen molar-refractivity contribution in [2.45, 2.75) is 40.2 Å². The quantitative estimate of drug-likeness (QED) is 0.829. The Hall–Kier alpha value is -1.77. The molecule has 0 bridgehead atoms. The predicted molar refractivity (Wildman–Crippen MR) is 74.9 cm³/mol. The fourth-order valence-corrected chi connectivity index (χ4v) is 1.46. The summed E-state index contributed by atoms with van der Waals surface area (Å²) < 4.78 is 0. The molecule has 0 spiro atoms. The number of hydrogen-bond donors (Lipinski definition) is 1. The van der Waals surface area contributed by atoms with Gasteiger partial charge in [-0.25, -0.2) is 5.01 Å². The van der Waals surface area contributed by atoms with Crippen molar-refractivity contribution in [1.29, 1.82) is 0 Å². The summed E-state index contributed by atoms with van der Waals surface area (Å²) in [7, 11) is 0. The third-order valence-corrected chi connectivity index (χ3v) is 2.38. The van der Waals surface area contributed by atoms with Crippen molar-refractivity contribution in [1.82, 2.24) is 10.4 Å². The first-order valence-electron chi connectivity index (χ1n) is 6.11. The second-order valence-electron chi connectivity index (χ2n) is 5.53. The van der Waals surface area contributed by atoms with E-state index in [1.165, 1.54) is 0 Å². The second-order valence-corrected chi connectivity index (χ2v) is 5.53. The third-order valence-electron chi connectivity index (χ3n) is 2.38. The Morgan fingerprint density at radius 3 is 2.17 bits per heavy atom. The molecule has 0 aromatic heterocycles. The van der Waals surface area contributed by atoms with Crippen molar-refractivity contribution in [3.8, 4) is 0 Å². The zero-order valence-electron chi connectivity index (χ0n) is 11.8. The van der Waals surface area contributed by atoms with Crippen molar-refractivity contribution in [3.05, 3.63) is 47.7 Å². The number of amides is 1. The van der Waals surface area contributed by atoms with E-state index in [1.807, 2.05) is 71.2 Å². The van der Waals surface area contributed by atoms with Gasteiger partial charge in [0, 0.05) is 11.8 Å². The molecule has 3 nitrogen and oxygen atoms in total. The van der Waals surface area contributed by atoms with Crippen LogP contribution in [0.3, 0.4) is 0 Å². The SMILES string of the molecule is CC(C)=CNN(C(=O)c1ccccc1)C(C)(C)C. The van der Waals surface area contributed by atoms with Gasteiger partial charge in [-0.15, -0.1) is 0 Å². The maximum atomic E-state index is 12.4. The summed E-state index contributed by atoms with van der Waals surface area (Å²) >= 11 is 0. The molecule has 1 aromatic carbocycles. The number of hydrazine groups is 1. The van der Waals surface area contributed by atoms with Crippen LogP contribution in [0.15, 0.2) is 42.1 Å². The van der Waals surface area contributed by atoms with E-state index in [9.17, 15) is 4.79 Å². The molecule has 0 saturated carbocycles. The van der Waals surface area contributed by atoms with Crippen LogP contribution in [0.1, 0.15) is 45.0 Å². The van der Waals surface area contributed by atoms with Crippen molar-refractivity contribution in [2.24, 2.45) is 0 Å². The number of allylic oxidation sites excluding steroid dienone is 1. The molecule has 1 amide bonds. The summed E-state index contributed by atoms with van der Waals surface area (Å²) in [6.07, 6.45) is 1.84. The Morgan fingerprint density at radius 1 is 1.17 bits per heavy atom. The Bertz CT molecular complexity index is 426. The highest BCUT2D eigenvalue weighted by atomic mass is 16.2. The van der Waals surface area contributed by atoms with Crippen LogP contribution in [0.2, 0.25) is 0 Å². The first kappa shape index (κ1) is 14.3. The zero-order chi connectivity index (χ0) is 13.8. The fraction of sp³-hybridized carbons (Fsp3) is 0.400. The van der Waals surface area contributed by atoms with Gasteiger partial charge in [0.2, 0.25) is 0 Å². The van der Waals surface area contributed by atoms with Crippen LogP contribution < -0.4 is 5.43 Å². The highest BCUT2D eigenvalue weighted by molar-refractivity contribution is 5.94. The maximum absolute atomic E-state index is 12.4. The van der Waals surface area contributed by atoms with Crippen molar-refractivity contribution < 1.29 is 4.79 Å². The van der Waals surface area contributed by atoms with Gasteiger partial charge in [-0.05, 0) is 46.8 Å². The predicted octanol–water partition coefficient (Wildman–Crippen LogP) is 3.36. The lowest BCUT2D eigenvalue weighted by atomic mass is 10.1. The maximum Gasteiger partial charge on any atom is 0.272 e. The number of rotatable bonds is 3. The summed E-state index contributed by atoms with van der Waals surface area (Å²) in [5, 5.41) is 1.65. The van der Waals surface area contributed by atoms with E-state index in [2.05, 4.69) is 5.43 Å². The lowest BCUT2D eigenvalue weighted by Gasteiger charge is -2.35. The van der Waals surface area contributed by atoms with Crippen LogP contribution in [0.4, 0.5) is 0 Å². The van der Waals surface area contributed by atoms with Gasteiger partial charge in [0.15, 0.2) is 0 Å². The highest BCUT2D eigenvalue weighted by Crippen LogP contribution is 2.15. The van der Waals surface area contributed by atoms with E-state index in [4.69, 9.17) is 0 Å². The first-order valence-corrected chi connectivity index (χ1v) is 6.11. The smallest absolute Gasteiger partial charge is 0.272 e. The molecule has 0 aliphatic carbocycles. The van der Waals surface area contributed by atoms with E-state index in [0.717, 1.165) is 5.57 Å². The molecule has 0 heterocycles. The van der Waals surface area contributed by atoms with Gasteiger partial charge in [0.05, 0.1) is 5.54 Å². The van der Waals surface area contributed by atoms with Gasteiger partial charge in [-0.1, -0.05) is 23.8 Å². The zero-order valence-corrected chi connectivity index (χ0v) is 11.8. The molecule has 1 N–H and O–H groups in total. The molecule has 1 rings (SSSR count). The van der Waals surface area contributed by atoms with Gasteiger partial charge >= 0.3 is 0 Å². The average Bonchev–Trinajstić information content (AvgIpc) is 2.28. The van der Waals surface area contributed by atoms with Crippen molar-refractivity contribution in [2.75, 3.05) is 0 Å². The van der Waals surface area contributed by atoms with Gasteiger partial charge in [-0.2, -0.15) is 0 Å². The number of carbonyl (C=O) groups excluding carboxylic acids is 1. The number of nitrogens with zero attached hydrogens (tertiary/aromatic N) is 1. The van der Waals surface area contributed by atoms with Crippen LogP contribution in [-0.2, 0) is 0 Å². The third kappa shape index (κ3) is 3.91. The molecule has 18 heavy (non-hydrogen) atoms. The van der Waals surface area contributed by atoms with Crippen molar-refractivity contribution in [3.63, 3.8) is 0 Å². The molecular formula is C15H22N2O. The number of nitrogens with one attached hydrogen (secondary N) is 1. The Labute approximate surface area is 109 Å². The van der Waals surface area contributed by atoms with Crippen LogP contribution in [-0.4, -0.2) is 16.5 Å². The van der Waals surface area contributed by atoms with Crippen LogP contribution in [0.25, 0.3) is 0 Å². The fourth-order valence-electron chi connectivity index (χ4n) is 1.46. The molecule has 98 valence electrons. The molecule has 3 heteroatoms. The summed E-state index contributed by atoms with van der Waals surface area (Å²) in [5.74, 6) is -0.0272. The largest absolute Gasteiger partial charge is 0.303 e. The molecule has 0 radical (unpaired) electrons. The van der Waals surface area contributed by atoms with Crippen molar-refractivity contribution >= 4 is 5.91 Å². The minimum Gasteiger partial charge on any atom is -0.303 e. The van der Waals surface area contributed by atoms with Gasteiger partial charge in [-0.3, -0.25) is 4.79 Å². The monoisotopic (exact) mass is 246 g/mol. The molecule has 0 unspecified atom stereocenters. The van der Waals surface area contributed by atoms with E-state index >= 15 is 0 Å². The van der Waals surface area contributed by atoms with Gasteiger partial charge in [0.1, 0.15) is 0 Å². The molecule has 0 aliphatic rings. The standard InChI is InChI=1S/C15H22N2O/c1-12(2)11-16-17(15(3,4)5)14(18)13-9-7-6-8-10-13/h6-11,16H,1-5H3. The number of hydrogen-bond acceptors (Lipinski definition) is 2. The van der Waals surface area contributed by atoms with Crippen LogP contribution >= 0.6 is 0 Å². The van der Waals surface area contributed by atoms with E-state index in [0.29, 0.717) is 5.56 Å². The molecule has 0 fully saturated rings. The van der Waals surface area contributed by atoms with Gasteiger partial charge in [0.25, 0.3) is 5.91 Å². The van der Waals surface area contributed by atoms with E-state index in [-0.39, 0.29) is 11.4 Å². The van der Waals surface area contributed by atoms with E-state index < -0.39 is 0 Å². The Kier molecular flexibility index (Phi) is 4.54. The second kappa shape index (κ2) is 5.71. The molecule has 0 atom stereocenters. The van der Waals surface area contributed by atoms with Crippen LogP contribution in [0.5, 0.6) is 0 Å². The summed E-state index contributed by atoms with van der Waals surface area (Å²) in [6, 6.07) is 9.29. The van der Waals surface area contributed by atoms with E-state index in [1.54, 1.807) is 5.01 Å². The Morgan fingerprint density at radius 2 is 1.72 bits per heavy atom. The average molecular weight is 246 g/mol. The summed E-state index contributed by atoms with van der Waals surface area (Å²) in [6.45, 7) is 9.97. The normalized spacial score (nSPS) is 10.7. The molecule has 0 saturated heterocycles. The minimum absolute atomic E-state index is 0.0272. The van der Waals surface area contributed by atoms with Gasteiger partial charge < -0.3 is 5.43 Å². The topological polar surface area (TPSA) is 32.3 Å². The number of carbonyl (C=O) groups is 1. The number of benzene rings is 1. The summed E-state index contributed by atoms with van der Waals surface area (Å²) in [5.41, 5.74) is 4.58. The Balaban J connectivity index is 2.98. The first-order chi connectivity index (χ1) is 8.32. The van der Waals surface area contributed by atoms with Crippen LogP contribution in [0, 0.1) is 0 Å². The molecule has 0 aliphatic heterocycles. The lowest BCUT2D eigenvalue weighted by molar-refractivity contribution is 0.0469. The minimum atomic E-state index is -0.293. The lowest BCUT2D eigenvalue weighted by Crippen LogP contribution is -2.52. The molecular weight excluding hydrogens is 224 g/mol. The highest BCUT2D eigenvalue weighted by Gasteiger charge is 2.26. The molecule has 1 aromatic rings.